The summed E-state index contributed by atoms with van der Waals surface area (Å²) in [7, 11) is 1.88. The van der Waals surface area contributed by atoms with Gasteiger partial charge in [-0.05, 0) is 6.92 Å². The number of likely N-dealkylation sites (N-methyl/N-ethyl adjacent to an activating group) is 1. The molecule has 0 saturated carbocycles. The molecule has 0 aliphatic carbocycles. The lowest BCUT2D eigenvalue weighted by molar-refractivity contribution is 0.341. The lowest BCUT2D eigenvalue weighted by Gasteiger charge is -2.14. The van der Waals surface area contributed by atoms with Gasteiger partial charge in [-0.15, -0.1) is 0 Å². The summed E-state index contributed by atoms with van der Waals surface area (Å²) in [6.07, 6.45) is 1.09. The molecule has 3 nitrogen and oxygen atoms in total. The second-order valence-electron chi connectivity index (χ2n) is 2.83. The van der Waals surface area contributed by atoms with Gasteiger partial charge in [0.05, 0.1) is 6.54 Å². The van der Waals surface area contributed by atoms with Gasteiger partial charge < -0.3 is 5.32 Å². The molecule has 1 rings (SSSR count). The molecule has 62 valence electrons. The first kappa shape index (κ1) is 8.11. The van der Waals surface area contributed by atoms with Crippen LogP contribution in [0.3, 0.4) is 0 Å². The smallest absolute Gasteiger partial charge is 0.0751 e. The normalized spacial score (nSPS) is 16.5. The molecule has 0 fully saturated rings. The minimum Gasteiger partial charge on any atom is -0.390 e. The van der Waals surface area contributed by atoms with Crippen LogP contribution in [0.4, 0.5) is 0 Å². The van der Waals surface area contributed by atoms with E-state index in [4.69, 9.17) is 0 Å². The third-order valence-electron chi connectivity index (χ3n) is 1.77. The molecule has 3 heteroatoms. The highest BCUT2D eigenvalue weighted by Gasteiger charge is 2.10. The molecule has 0 radical (unpaired) electrons. The third-order valence-corrected chi connectivity index (χ3v) is 1.77. The highest BCUT2D eigenvalue weighted by atomic mass is 15.5. The van der Waals surface area contributed by atoms with Crippen molar-refractivity contribution in [2.45, 2.75) is 13.3 Å². The second kappa shape index (κ2) is 3.42. The Labute approximate surface area is 67.8 Å². The van der Waals surface area contributed by atoms with E-state index in [1.807, 2.05) is 12.1 Å². The largest absolute Gasteiger partial charge is 0.390 e. The first-order chi connectivity index (χ1) is 5.22. The van der Waals surface area contributed by atoms with Crippen molar-refractivity contribution >= 4 is 5.71 Å². The van der Waals surface area contributed by atoms with Crippen LogP contribution in [0.25, 0.3) is 0 Å². The number of hydrogen-bond donors (Lipinski definition) is 1. The first-order valence-electron chi connectivity index (χ1n) is 3.87. The molecule has 0 aromatic heterocycles. The van der Waals surface area contributed by atoms with Gasteiger partial charge in [-0.3, -0.25) is 5.01 Å². The summed E-state index contributed by atoms with van der Waals surface area (Å²) in [5, 5.41) is 9.36. The maximum Gasteiger partial charge on any atom is 0.0751 e. The summed E-state index contributed by atoms with van der Waals surface area (Å²) < 4.78 is 0. The van der Waals surface area contributed by atoms with E-state index >= 15 is 0 Å². The van der Waals surface area contributed by atoms with Gasteiger partial charge in [-0.2, -0.15) is 5.10 Å². The summed E-state index contributed by atoms with van der Waals surface area (Å²) in [5.74, 6) is 0. The Bertz CT molecular complexity index is 184. The van der Waals surface area contributed by atoms with E-state index in [1.54, 1.807) is 0 Å². The van der Waals surface area contributed by atoms with E-state index in [9.17, 15) is 0 Å². The molecular weight excluding hydrogens is 138 g/mol. The number of hydrazone groups is 1. The molecule has 0 unspecified atom stereocenters. The van der Waals surface area contributed by atoms with Crippen molar-refractivity contribution in [3.05, 3.63) is 12.3 Å². The Morgan fingerprint density at radius 1 is 1.82 bits per heavy atom. The van der Waals surface area contributed by atoms with Gasteiger partial charge in [0.1, 0.15) is 0 Å². The van der Waals surface area contributed by atoms with Gasteiger partial charge >= 0.3 is 0 Å². The van der Waals surface area contributed by atoms with Crippen LogP contribution in [0.5, 0.6) is 0 Å². The zero-order valence-corrected chi connectivity index (χ0v) is 7.22. The maximum atomic E-state index is 4.33. The summed E-state index contributed by atoms with van der Waals surface area (Å²) in [6.45, 7) is 7.76. The molecule has 0 saturated heterocycles. The zero-order chi connectivity index (χ0) is 8.27. The minimum absolute atomic E-state index is 0.827. The molecule has 0 aromatic rings. The van der Waals surface area contributed by atoms with Crippen molar-refractivity contribution in [2.24, 2.45) is 5.10 Å². The van der Waals surface area contributed by atoms with E-state index in [1.165, 1.54) is 5.71 Å². The van der Waals surface area contributed by atoms with E-state index in [0.29, 0.717) is 0 Å². The fourth-order valence-electron chi connectivity index (χ4n) is 1.05. The Morgan fingerprint density at radius 2 is 2.55 bits per heavy atom. The van der Waals surface area contributed by atoms with E-state index in [2.05, 4.69) is 23.9 Å². The van der Waals surface area contributed by atoms with Crippen molar-refractivity contribution in [1.29, 1.82) is 0 Å². The fraction of sp³-hybridized carbons (Fsp3) is 0.625. The first-order valence-corrected chi connectivity index (χ1v) is 3.87. The molecule has 0 amide bonds. The Balaban J connectivity index is 2.34. The summed E-state index contributed by atoms with van der Waals surface area (Å²) in [5.41, 5.74) is 2.23. The predicted molar refractivity (Wildman–Crippen MR) is 47.5 cm³/mol. The molecule has 0 aromatic carbocycles. The topological polar surface area (TPSA) is 27.6 Å². The van der Waals surface area contributed by atoms with Crippen molar-refractivity contribution in [2.75, 3.05) is 20.1 Å². The SMILES string of the molecule is C=C(CN1CCC(C)=N1)NC. The minimum atomic E-state index is 0.827. The standard InChI is InChI=1S/C8H15N3/c1-7-4-5-11(10-7)6-8(2)9-3/h9H,2,4-6H2,1,3H3. The molecule has 1 aliphatic rings. The molecule has 1 heterocycles. The molecular formula is C8H15N3. The van der Waals surface area contributed by atoms with Crippen LogP contribution in [-0.2, 0) is 0 Å². The van der Waals surface area contributed by atoms with Gasteiger partial charge in [0.25, 0.3) is 0 Å². The number of hydrogen-bond acceptors (Lipinski definition) is 3. The van der Waals surface area contributed by atoms with Gasteiger partial charge in [-0.25, -0.2) is 0 Å². The van der Waals surface area contributed by atoms with Gasteiger partial charge in [0.2, 0.25) is 0 Å². The molecule has 0 atom stereocenters. The molecule has 0 spiro atoms. The Morgan fingerprint density at radius 3 is 3.00 bits per heavy atom. The van der Waals surface area contributed by atoms with E-state index in [-0.39, 0.29) is 0 Å². The quantitative estimate of drug-likeness (QED) is 0.649. The van der Waals surface area contributed by atoms with Gasteiger partial charge in [-0.1, -0.05) is 6.58 Å². The average molecular weight is 153 g/mol. The van der Waals surface area contributed by atoms with Gasteiger partial charge in [0, 0.05) is 31.4 Å². The van der Waals surface area contributed by atoms with Crippen LogP contribution in [0.15, 0.2) is 17.4 Å². The molecule has 0 bridgehead atoms. The van der Waals surface area contributed by atoms with Crippen molar-refractivity contribution in [3.8, 4) is 0 Å². The Hall–Kier alpha value is -0.990. The van der Waals surface area contributed by atoms with Crippen LogP contribution >= 0.6 is 0 Å². The number of nitrogens with zero attached hydrogens (tertiary/aromatic N) is 2. The van der Waals surface area contributed by atoms with Crippen LogP contribution < -0.4 is 5.32 Å². The Kier molecular flexibility index (Phi) is 2.52. The maximum absolute atomic E-state index is 4.33. The summed E-state index contributed by atoms with van der Waals surface area (Å²) in [4.78, 5) is 0. The zero-order valence-electron chi connectivity index (χ0n) is 7.22. The van der Waals surface area contributed by atoms with Crippen molar-refractivity contribution in [3.63, 3.8) is 0 Å². The summed E-state index contributed by atoms with van der Waals surface area (Å²) >= 11 is 0. The number of rotatable bonds is 3. The van der Waals surface area contributed by atoms with E-state index in [0.717, 1.165) is 25.2 Å². The van der Waals surface area contributed by atoms with Crippen LogP contribution in [0, 0.1) is 0 Å². The lowest BCUT2D eigenvalue weighted by atomic mass is 10.3. The average Bonchev–Trinajstić information content (AvgIpc) is 2.35. The molecule has 11 heavy (non-hydrogen) atoms. The second-order valence-corrected chi connectivity index (χ2v) is 2.83. The van der Waals surface area contributed by atoms with E-state index < -0.39 is 0 Å². The predicted octanol–water partition coefficient (Wildman–Crippen LogP) is 0.801. The van der Waals surface area contributed by atoms with Crippen LogP contribution in [-0.4, -0.2) is 30.9 Å². The fourth-order valence-corrected chi connectivity index (χ4v) is 1.05. The monoisotopic (exact) mass is 153 g/mol. The number of nitrogens with one attached hydrogen (secondary N) is 1. The highest BCUT2D eigenvalue weighted by molar-refractivity contribution is 5.82. The van der Waals surface area contributed by atoms with Crippen LogP contribution in [0.2, 0.25) is 0 Å². The van der Waals surface area contributed by atoms with Crippen molar-refractivity contribution in [1.82, 2.24) is 10.3 Å². The molecule has 1 aliphatic heterocycles. The van der Waals surface area contributed by atoms with Crippen molar-refractivity contribution < 1.29 is 0 Å². The van der Waals surface area contributed by atoms with Crippen LogP contribution in [0.1, 0.15) is 13.3 Å². The highest BCUT2D eigenvalue weighted by Crippen LogP contribution is 2.06. The third kappa shape index (κ3) is 2.26. The lowest BCUT2D eigenvalue weighted by Crippen LogP contribution is -2.22. The molecule has 1 N–H and O–H groups in total. The summed E-state index contributed by atoms with van der Waals surface area (Å²) in [6, 6.07) is 0. The van der Waals surface area contributed by atoms with Gasteiger partial charge in [0.15, 0.2) is 0 Å².